The summed E-state index contributed by atoms with van der Waals surface area (Å²) in [6.45, 7) is 6.20. The molecule has 0 aliphatic carbocycles. The van der Waals surface area contributed by atoms with Crippen LogP contribution in [-0.2, 0) is 18.3 Å². The molecule has 0 N–H and O–H groups in total. The normalized spacial score (nSPS) is 16.6. The van der Waals surface area contributed by atoms with Gasteiger partial charge in [-0.1, -0.05) is 6.92 Å². The molecule has 0 spiro atoms. The van der Waals surface area contributed by atoms with Crippen LogP contribution in [0.15, 0.2) is 11.6 Å². The molecule has 5 nitrogen and oxygen atoms in total. The maximum absolute atomic E-state index is 12.2. The lowest BCUT2D eigenvalue weighted by atomic mass is 10.6. The summed E-state index contributed by atoms with van der Waals surface area (Å²) in [4.78, 5) is 4.11. The zero-order valence-electron chi connectivity index (χ0n) is 10.3. The standard InChI is InChI=1S/C10H18NO4PS/c1-4-13-10(9-11-7-8-17-9)15-16(12,6-3)14-5-2/h7-8,10H,4-6H2,1-3H3. The molecule has 0 bridgehead atoms. The lowest BCUT2D eigenvalue weighted by molar-refractivity contribution is -0.0855. The summed E-state index contributed by atoms with van der Waals surface area (Å²) in [6.07, 6.45) is 1.26. The summed E-state index contributed by atoms with van der Waals surface area (Å²) < 4.78 is 28.3. The number of thiazole rings is 1. The van der Waals surface area contributed by atoms with Gasteiger partial charge in [-0.05, 0) is 13.8 Å². The minimum atomic E-state index is -3.09. The molecule has 0 amide bonds. The third kappa shape index (κ3) is 4.48. The van der Waals surface area contributed by atoms with Crippen LogP contribution in [0.5, 0.6) is 0 Å². The fraction of sp³-hybridized carbons (Fsp3) is 0.700. The zero-order chi connectivity index (χ0) is 12.7. The Morgan fingerprint density at radius 2 is 2.18 bits per heavy atom. The van der Waals surface area contributed by atoms with E-state index in [1.807, 2.05) is 12.3 Å². The minimum absolute atomic E-state index is 0.315. The molecule has 2 atom stereocenters. The summed E-state index contributed by atoms with van der Waals surface area (Å²) in [6, 6.07) is 0. The topological polar surface area (TPSA) is 57.7 Å². The van der Waals surface area contributed by atoms with Crippen molar-refractivity contribution in [1.82, 2.24) is 4.98 Å². The summed E-state index contributed by atoms with van der Waals surface area (Å²) in [5, 5.41) is 2.47. The van der Waals surface area contributed by atoms with E-state index in [9.17, 15) is 4.57 Å². The Labute approximate surface area is 106 Å². The maximum Gasteiger partial charge on any atom is 0.333 e. The van der Waals surface area contributed by atoms with Gasteiger partial charge in [-0.15, -0.1) is 11.3 Å². The van der Waals surface area contributed by atoms with Gasteiger partial charge < -0.3 is 9.26 Å². The third-order valence-electron chi connectivity index (χ3n) is 1.94. The van der Waals surface area contributed by atoms with E-state index in [4.69, 9.17) is 13.8 Å². The molecule has 0 aliphatic heterocycles. The van der Waals surface area contributed by atoms with Crippen molar-refractivity contribution in [2.24, 2.45) is 0 Å². The number of hydrogen-bond donors (Lipinski definition) is 0. The Bertz CT molecular complexity index is 357. The quantitative estimate of drug-likeness (QED) is 0.539. The first kappa shape index (κ1) is 14.8. The number of rotatable bonds is 8. The molecule has 0 aromatic carbocycles. The van der Waals surface area contributed by atoms with E-state index in [1.54, 1.807) is 20.0 Å². The van der Waals surface area contributed by atoms with Crippen LogP contribution in [0.4, 0.5) is 0 Å². The van der Waals surface area contributed by atoms with Gasteiger partial charge in [-0.2, -0.15) is 0 Å². The molecule has 1 heterocycles. The molecule has 0 aliphatic rings. The van der Waals surface area contributed by atoms with Gasteiger partial charge >= 0.3 is 7.60 Å². The second kappa shape index (κ2) is 7.24. The minimum Gasteiger partial charge on any atom is -0.346 e. The van der Waals surface area contributed by atoms with Crippen LogP contribution in [-0.4, -0.2) is 24.4 Å². The van der Waals surface area contributed by atoms with Crippen molar-refractivity contribution in [2.75, 3.05) is 19.4 Å². The van der Waals surface area contributed by atoms with E-state index < -0.39 is 13.9 Å². The van der Waals surface area contributed by atoms with Crippen molar-refractivity contribution in [3.8, 4) is 0 Å². The lowest BCUT2D eigenvalue weighted by Gasteiger charge is -2.21. The lowest BCUT2D eigenvalue weighted by Crippen LogP contribution is -2.09. The van der Waals surface area contributed by atoms with Gasteiger partial charge in [0.05, 0.1) is 6.61 Å². The van der Waals surface area contributed by atoms with Crippen molar-refractivity contribution in [1.29, 1.82) is 0 Å². The van der Waals surface area contributed by atoms with E-state index in [2.05, 4.69) is 4.98 Å². The molecule has 2 unspecified atom stereocenters. The average molecular weight is 279 g/mol. The van der Waals surface area contributed by atoms with Crippen molar-refractivity contribution in [2.45, 2.75) is 27.1 Å². The third-order valence-corrected chi connectivity index (χ3v) is 4.68. The van der Waals surface area contributed by atoms with Gasteiger partial charge in [0, 0.05) is 24.3 Å². The van der Waals surface area contributed by atoms with Crippen LogP contribution < -0.4 is 0 Å². The SMILES string of the molecule is CCOC(OP(=O)(CC)OCC)c1nccs1. The summed E-state index contributed by atoms with van der Waals surface area (Å²) in [7, 11) is -3.09. The second-order valence-corrected chi connectivity index (χ2v) is 6.36. The van der Waals surface area contributed by atoms with E-state index >= 15 is 0 Å². The zero-order valence-corrected chi connectivity index (χ0v) is 12.0. The summed E-state index contributed by atoms with van der Waals surface area (Å²) in [5.74, 6) is 0. The highest BCUT2D eigenvalue weighted by atomic mass is 32.1. The van der Waals surface area contributed by atoms with Gasteiger partial charge in [0.2, 0.25) is 6.29 Å². The highest BCUT2D eigenvalue weighted by Crippen LogP contribution is 2.51. The first-order valence-electron chi connectivity index (χ1n) is 5.58. The predicted octanol–water partition coefficient (Wildman–Crippen LogP) is 3.44. The highest BCUT2D eigenvalue weighted by molar-refractivity contribution is 7.53. The Morgan fingerprint density at radius 1 is 1.41 bits per heavy atom. The van der Waals surface area contributed by atoms with Crippen LogP contribution in [0.2, 0.25) is 0 Å². The van der Waals surface area contributed by atoms with E-state index in [0.717, 1.165) is 0 Å². The van der Waals surface area contributed by atoms with Crippen molar-refractivity contribution < 1.29 is 18.3 Å². The molecule has 0 fully saturated rings. The van der Waals surface area contributed by atoms with Gasteiger partial charge in [0.15, 0.2) is 0 Å². The van der Waals surface area contributed by atoms with Crippen molar-refractivity contribution >= 4 is 18.9 Å². The van der Waals surface area contributed by atoms with Crippen LogP contribution in [0.25, 0.3) is 0 Å². The largest absolute Gasteiger partial charge is 0.346 e. The molecule has 7 heteroatoms. The fourth-order valence-electron chi connectivity index (χ4n) is 1.19. The molecule has 0 radical (unpaired) electrons. The molecular weight excluding hydrogens is 261 g/mol. The Balaban J connectivity index is 2.75. The fourth-order valence-corrected chi connectivity index (χ4v) is 3.11. The Kier molecular flexibility index (Phi) is 6.30. The van der Waals surface area contributed by atoms with Gasteiger partial charge in [-0.3, -0.25) is 9.09 Å². The van der Waals surface area contributed by atoms with Crippen LogP contribution in [0.1, 0.15) is 32.1 Å². The highest BCUT2D eigenvalue weighted by Gasteiger charge is 2.29. The first-order valence-corrected chi connectivity index (χ1v) is 8.19. The number of hydrogen-bond acceptors (Lipinski definition) is 6. The molecule has 0 saturated heterocycles. The Hall–Kier alpha value is -0.260. The summed E-state index contributed by atoms with van der Waals surface area (Å²) in [5.41, 5.74) is 0. The van der Waals surface area contributed by atoms with Crippen LogP contribution >= 0.6 is 18.9 Å². The molecule has 1 aromatic heterocycles. The van der Waals surface area contributed by atoms with Crippen molar-refractivity contribution in [3.63, 3.8) is 0 Å². The Morgan fingerprint density at radius 3 is 2.65 bits per heavy atom. The van der Waals surface area contributed by atoms with E-state index in [0.29, 0.717) is 24.4 Å². The van der Waals surface area contributed by atoms with E-state index in [1.165, 1.54) is 11.3 Å². The average Bonchev–Trinajstić information content (AvgIpc) is 2.82. The van der Waals surface area contributed by atoms with Crippen LogP contribution in [0, 0.1) is 0 Å². The predicted molar refractivity (Wildman–Crippen MR) is 67.3 cm³/mol. The van der Waals surface area contributed by atoms with Gasteiger partial charge in [0.1, 0.15) is 5.01 Å². The maximum atomic E-state index is 12.2. The van der Waals surface area contributed by atoms with Gasteiger partial charge in [0.25, 0.3) is 0 Å². The summed E-state index contributed by atoms with van der Waals surface area (Å²) >= 11 is 1.40. The monoisotopic (exact) mass is 279 g/mol. The van der Waals surface area contributed by atoms with Crippen LogP contribution in [0.3, 0.4) is 0 Å². The van der Waals surface area contributed by atoms with Gasteiger partial charge in [-0.25, -0.2) is 4.98 Å². The van der Waals surface area contributed by atoms with E-state index in [-0.39, 0.29) is 0 Å². The number of nitrogens with zero attached hydrogens (tertiary/aromatic N) is 1. The second-order valence-electron chi connectivity index (χ2n) is 3.11. The molecule has 1 rings (SSSR count). The van der Waals surface area contributed by atoms with Crippen molar-refractivity contribution in [3.05, 3.63) is 16.6 Å². The number of ether oxygens (including phenoxy) is 1. The molecule has 0 saturated carbocycles. The molecule has 98 valence electrons. The number of aromatic nitrogens is 1. The molecule has 1 aromatic rings. The molecular formula is C10H18NO4PS. The first-order chi connectivity index (χ1) is 8.15. The molecule has 17 heavy (non-hydrogen) atoms. The smallest absolute Gasteiger partial charge is 0.333 e.